The molecule has 2 aromatic heterocycles. The highest BCUT2D eigenvalue weighted by molar-refractivity contribution is 7.26. The number of fused-ring (bicyclic) bond motifs is 22. The Hall–Kier alpha value is -13.2. The molecule has 22 aromatic carbocycles. The summed E-state index contributed by atoms with van der Waals surface area (Å²) in [5, 5.41) is 46.1. The Morgan fingerprint density at radius 3 is 0.767 bits per heavy atom. The van der Waals surface area contributed by atoms with E-state index in [2.05, 4.69) is 447 Å². The summed E-state index contributed by atoms with van der Waals surface area (Å²) in [5.74, 6) is 0. The lowest BCUT2D eigenvalue weighted by molar-refractivity contribution is 0.637. The summed E-state index contributed by atoms with van der Waals surface area (Å²) >= 11 is 3.80. The molecule has 2 aliphatic carbocycles. The topological polar surface area (TPSA) is 0 Å². The molecule has 24 aromatic rings. The molecule has 0 atom stereocenters. The van der Waals surface area contributed by atoms with Crippen molar-refractivity contribution in [3.05, 3.63) is 386 Å². The Balaban J connectivity index is 0.000000113. The van der Waals surface area contributed by atoms with E-state index >= 15 is 0 Å². The van der Waals surface area contributed by atoms with Crippen LogP contribution in [-0.4, -0.2) is 16.1 Å². The van der Waals surface area contributed by atoms with Crippen molar-refractivity contribution in [1.29, 1.82) is 0 Å². The highest BCUT2D eigenvalue weighted by atomic mass is 32.1. The van der Waals surface area contributed by atoms with E-state index in [1.165, 1.54) is 226 Å². The van der Waals surface area contributed by atoms with E-state index in [9.17, 15) is 0 Å². The summed E-state index contributed by atoms with van der Waals surface area (Å²) in [7, 11) is -4.41. The number of hydrogen-bond donors (Lipinski definition) is 0. The molecule has 1 spiro atoms. The first kappa shape index (κ1) is 77.0. The molecule has 4 heteroatoms. The van der Waals surface area contributed by atoms with E-state index in [4.69, 9.17) is 0 Å². The highest BCUT2D eigenvalue weighted by Crippen LogP contribution is 2.66. The maximum absolute atomic E-state index is 2.59. The van der Waals surface area contributed by atoms with E-state index in [0.29, 0.717) is 0 Å². The van der Waals surface area contributed by atoms with Gasteiger partial charge in [0.15, 0.2) is 0 Å². The van der Waals surface area contributed by atoms with Crippen LogP contribution in [0, 0.1) is 0 Å². The molecule has 28 rings (SSSR count). The molecule has 0 amide bonds. The maximum atomic E-state index is 2.59. The van der Waals surface area contributed by atoms with Gasteiger partial charge in [0.1, 0.15) is 16.1 Å². The fourth-order valence-corrected chi connectivity index (χ4v) is 45.1. The van der Waals surface area contributed by atoms with Gasteiger partial charge < -0.3 is 0 Å². The first-order valence-corrected chi connectivity index (χ1v) is 51.8. The number of thiophene rings is 2. The molecule has 0 bridgehead atoms. The Labute approximate surface area is 762 Å². The van der Waals surface area contributed by atoms with Gasteiger partial charge in [-0.2, -0.15) is 0 Å². The molecule has 616 valence electrons. The lowest BCUT2D eigenvalue weighted by Gasteiger charge is -2.51. The smallest absolute Gasteiger partial charge is 0.130 e. The quantitative estimate of drug-likeness (QED) is 0.122. The van der Waals surface area contributed by atoms with Crippen LogP contribution in [0.3, 0.4) is 0 Å². The first-order valence-electron chi connectivity index (χ1n) is 46.2. The monoisotopic (exact) mass is 1720 g/mol. The molecule has 0 unspecified atom stereocenters. The summed E-state index contributed by atoms with van der Waals surface area (Å²) in [4.78, 5) is 0. The number of benzene rings is 22. The minimum atomic E-state index is -2.37. The second-order valence-corrected chi connectivity index (χ2v) is 54.8. The maximum Gasteiger partial charge on any atom is 0.130 e. The molecule has 0 N–H and O–H groups in total. The Morgan fingerprint density at radius 2 is 0.419 bits per heavy atom. The predicted molar refractivity (Wildman–Crippen MR) is 571 cm³/mol. The predicted octanol–water partition coefficient (Wildman–Crippen LogP) is 34.3. The zero-order chi connectivity index (χ0) is 87.1. The van der Waals surface area contributed by atoms with Crippen molar-refractivity contribution in [2.75, 3.05) is 0 Å². The van der Waals surface area contributed by atoms with Gasteiger partial charge in [0.2, 0.25) is 0 Å². The van der Waals surface area contributed by atoms with Gasteiger partial charge in [0.25, 0.3) is 0 Å². The lowest BCUT2D eigenvalue weighted by atomic mass is 9.69. The van der Waals surface area contributed by atoms with Gasteiger partial charge >= 0.3 is 0 Å². The molecule has 129 heavy (non-hydrogen) atoms. The third-order valence-corrected chi connectivity index (χ3v) is 47.3. The molecule has 2 aliphatic heterocycles. The number of hydrogen-bond acceptors (Lipinski definition) is 2. The van der Waals surface area contributed by atoms with Crippen LogP contribution in [0.15, 0.2) is 364 Å². The van der Waals surface area contributed by atoms with Crippen LogP contribution >= 0.6 is 22.7 Å². The van der Waals surface area contributed by atoms with Gasteiger partial charge in [-0.25, -0.2) is 0 Å². The van der Waals surface area contributed by atoms with Crippen molar-refractivity contribution in [1.82, 2.24) is 0 Å². The molecule has 0 radical (unpaired) electrons. The molecule has 4 aliphatic rings. The Bertz CT molecular complexity index is 8580. The van der Waals surface area contributed by atoms with Crippen LogP contribution < -0.4 is 20.7 Å². The van der Waals surface area contributed by atoms with Crippen LogP contribution in [-0.2, 0) is 5.41 Å². The van der Waals surface area contributed by atoms with Crippen molar-refractivity contribution in [3.63, 3.8) is 0 Å². The average molecular weight is 1720 g/mol. The summed E-state index contributed by atoms with van der Waals surface area (Å²) in [6.07, 6.45) is 0. The molecule has 0 fully saturated rings. The van der Waals surface area contributed by atoms with Gasteiger partial charge in [-0.3, -0.25) is 0 Å². The zero-order valence-corrected chi connectivity index (χ0v) is 78.6. The lowest BCUT2D eigenvalue weighted by Crippen LogP contribution is -2.67. The largest absolute Gasteiger partial charge is 0.135 e. The van der Waals surface area contributed by atoms with Crippen molar-refractivity contribution < 1.29 is 0 Å². The summed E-state index contributed by atoms with van der Waals surface area (Å²) in [6, 6.07) is 139. The van der Waals surface area contributed by atoms with Gasteiger partial charge in [-0.1, -0.05) is 386 Å². The van der Waals surface area contributed by atoms with E-state index in [-0.39, 0.29) is 20.2 Å². The van der Waals surface area contributed by atoms with Gasteiger partial charge in [0, 0.05) is 40.3 Å². The average Bonchev–Trinajstić information content (AvgIpc) is 1.49. The van der Waals surface area contributed by atoms with E-state index < -0.39 is 21.6 Å². The van der Waals surface area contributed by atoms with Crippen molar-refractivity contribution in [2.45, 2.75) is 109 Å². The minimum Gasteiger partial charge on any atom is -0.135 e. The minimum absolute atomic E-state index is 0.112. The highest BCUT2D eigenvalue weighted by Gasteiger charge is 2.61. The molecule has 0 saturated heterocycles. The van der Waals surface area contributed by atoms with Crippen molar-refractivity contribution >= 4 is 229 Å². The van der Waals surface area contributed by atoms with Crippen LogP contribution in [0.1, 0.15) is 105 Å². The van der Waals surface area contributed by atoms with Crippen LogP contribution in [0.2, 0.25) is 20.2 Å². The standard InChI is InChI=1S/C61H32S2.C38H36Si.C26H28Si/c1-3-13-39-37(11-1)45-17-9-19-49-57(45)59-47(39)27-35(33-23-25-43-41-15-5-7-21-53(41)62-55(43)31-33)29-51(59)61(49)50-20-10-18-46-38-12-2-4-14-40(38)48-28-36(30-52(61)60(48)58(46)50)34-24-26-44-42-16-6-8-22-54(42)63-56(44)32-34;1-37(2,3)39(38(4,5)6)33-23-27(25-15-9-7-10-16-25)21-31-29-19-13-14-20-30(29)32-22-28(26-17-11-8-12-18-26)24-34(39)36(32)35(31)33;1-25(2,3)27(26(4,5)6)21-15-9-13-19-17-11-7-8-12-18(17)20-14-10-16-22(27)24(20)23(19)21/h1-32H;7-24H,1-6H3;7-16H,1-6H3. The van der Waals surface area contributed by atoms with Crippen LogP contribution in [0.4, 0.5) is 0 Å². The fraction of sp³-hybridized carbons (Fsp3) is 0.136. The zero-order valence-electron chi connectivity index (χ0n) is 75.0. The Kier molecular flexibility index (Phi) is 16.1. The summed E-state index contributed by atoms with van der Waals surface area (Å²) < 4.78 is 5.34. The summed E-state index contributed by atoms with van der Waals surface area (Å²) in [6.45, 7) is 30.0. The third kappa shape index (κ3) is 10.2. The molecule has 0 nitrogen and oxygen atoms in total. The normalized spacial score (nSPS) is 14.5. The number of rotatable bonds is 4. The molecule has 0 saturated carbocycles. The van der Waals surface area contributed by atoms with E-state index in [0.717, 1.165) is 0 Å². The van der Waals surface area contributed by atoms with Crippen molar-refractivity contribution in [3.8, 4) is 44.5 Å². The second kappa shape index (κ2) is 27.0. The van der Waals surface area contributed by atoms with Crippen LogP contribution in [0.5, 0.6) is 0 Å². The van der Waals surface area contributed by atoms with Gasteiger partial charge in [0.05, 0.1) is 5.41 Å². The first-order chi connectivity index (χ1) is 62.5. The van der Waals surface area contributed by atoms with E-state index in [1.807, 2.05) is 22.7 Å². The Morgan fingerprint density at radius 1 is 0.163 bits per heavy atom. The molecule has 4 heterocycles. The summed E-state index contributed by atoms with van der Waals surface area (Å²) in [5.41, 5.74) is 15.4. The molecular formula is C125H96S2Si2. The molecular weight excluding hydrogens is 1620 g/mol. The third-order valence-electron chi connectivity index (χ3n) is 31.2. The van der Waals surface area contributed by atoms with E-state index in [1.54, 1.807) is 31.5 Å². The van der Waals surface area contributed by atoms with Crippen LogP contribution in [0.25, 0.3) is 214 Å². The SMILES string of the molecule is CC(C)(C)[Si]1(C(C)(C)C)c2cc(-c3ccccc3)cc3c4ccccc4c4cc(-c5ccccc5)cc1c4c23.CC(C)(C)[Si]1(C(C)(C)C)c2cccc3c4ccccc4c4cccc1c4c23.c1ccc2c(c1)sc1cc(-c3cc4c5c(c3)c3ccccc3c3cccc(c35)C43c4cccc5c6ccccc6c6cc(-c7ccc8c(c7)sc7ccccc78)cc3c6c45)ccc12. The fourth-order valence-electron chi connectivity index (χ4n) is 27.3. The van der Waals surface area contributed by atoms with Gasteiger partial charge in [-0.15, -0.1) is 22.7 Å². The second-order valence-electron chi connectivity index (χ2n) is 41.5. The van der Waals surface area contributed by atoms with Gasteiger partial charge in [-0.05, 0) is 298 Å². The van der Waals surface area contributed by atoms with Crippen molar-refractivity contribution in [2.24, 2.45) is 0 Å².